The van der Waals surface area contributed by atoms with Gasteiger partial charge in [-0.3, -0.25) is 14.5 Å². The topological polar surface area (TPSA) is 105 Å². The third-order valence-electron chi connectivity index (χ3n) is 7.12. The van der Waals surface area contributed by atoms with Crippen molar-refractivity contribution < 1.29 is 19.4 Å². The second-order valence-corrected chi connectivity index (χ2v) is 11.3. The number of carbonyl (C=O) groups is 2. The first-order chi connectivity index (χ1) is 19.0. The van der Waals surface area contributed by atoms with E-state index < -0.39 is 5.97 Å². The highest BCUT2D eigenvalue weighted by Crippen LogP contribution is 2.29. The Morgan fingerprint density at radius 1 is 1.12 bits per heavy atom. The molecule has 0 aliphatic heterocycles. The van der Waals surface area contributed by atoms with Crippen LogP contribution in [0.15, 0.2) is 36.4 Å². The molecule has 4 N–H and O–H groups in total. The lowest BCUT2D eigenvalue weighted by Crippen LogP contribution is -2.41. The van der Waals surface area contributed by atoms with Crippen molar-refractivity contribution in [1.82, 2.24) is 10.2 Å². The van der Waals surface area contributed by atoms with Crippen molar-refractivity contribution in [3.05, 3.63) is 63.7 Å². The molecule has 40 heavy (non-hydrogen) atoms. The van der Waals surface area contributed by atoms with Gasteiger partial charge in [0.2, 0.25) is 0 Å². The van der Waals surface area contributed by atoms with Crippen LogP contribution >= 0.6 is 23.8 Å². The van der Waals surface area contributed by atoms with E-state index in [-0.39, 0.29) is 17.6 Å². The van der Waals surface area contributed by atoms with Gasteiger partial charge in [-0.05, 0) is 101 Å². The van der Waals surface area contributed by atoms with Crippen LogP contribution in [-0.4, -0.2) is 52.7 Å². The maximum absolute atomic E-state index is 12.2. The summed E-state index contributed by atoms with van der Waals surface area (Å²) < 4.78 is 6.04. The fourth-order valence-corrected chi connectivity index (χ4v) is 5.41. The average molecular weight is 590 g/mol. The third kappa shape index (κ3) is 11.1. The minimum Gasteiger partial charge on any atom is -0.493 e. The van der Waals surface area contributed by atoms with Gasteiger partial charge < -0.3 is 20.9 Å². The first-order valence-electron chi connectivity index (χ1n) is 14.0. The van der Waals surface area contributed by atoms with Gasteiger partial charge in [0.15, 0.2) is 5.11 Å². The molecule has 2 aromatic carbocycles. The monoisotopic (exact) mass is 589 g/mol. The number of nitrogens with two attached hydrogens (primary N) is 1. The van der Waals surface area contributed by atoms with Gasteiger partial charge in [0, 0.05) is 12.6 Å². The number of nitrogens with one attached hydrogen (secondary N) is 1. The molecule has 1 saturated carbocycles. The molecule has 7 nitrogen and oxygen atoms in total. The van der Waals surface area contributed by atoms with E-state index in [0.29, 0.717) is 29.1 Å². The van der Waals surface area contributed by atoms with Crippen molar-refractivity contribution >= 4 is 40.8 Å². The van der Waals surface area contributed by atoms with E-state index in [9.17, 15) is 9.59 Å². The number of halogens is 1. The molecule has 0 spiro atoms. The van der Waals surface area contributed by atoms with Crippen molar-refractivity contribution in [3.8, 4) is 5.75 Å². The van der Waals surface area contributed by atoms with E-state index >= 15 is 0 Å². The number of ether oxygens (including phenoxy) is 1. The number of aliphatic carboxylic acids is 1. The molecule has 0 aromatic heterocycles. The lowest BCUT2D eigenvalue weighted by molar-refractivity contribution is -0.136. The summed E-state index contributed by atoms with van der Waals surface area (Å²) in [5.41, 5.74) is 9.69. The molecule has 1 aliphatic carbocycles. The molecule has 3 rings (SSSR count). The van der Waals surface area contributed by atoms with Gasteiger partial charge in [0.1, 0.15) is 5.75 Å². The van der Waals surface area contributed by atoms with Crippen LogP contribution in [0.5, 0.6) is 5.75 Å². The molecule has 1 fully saturated rings. The summed E-state index contributed by atoms with van der Waals surface area (Å²) in [5, 5.41) is 12.3. The Hall–Kier alpha value is -2.68. The van der Waals surface area contributed by atoms with Crippen molar-refractivity contribution in [2.75, 3.05) is 19.7 Å². The highest BCUT2D eigenvalue weighted by molar-refractivity contribution is 7.80. The predicted molar refractivity (Wildman–Crippen MR) is 166 cm³/mol. The second-order valence-electron chi connectivity index (χ2n) is 10.5. The van der Waals surface area contributed by atoms with Crippen molar-refractivity contribution in [2.45, 2.75) is 78.7 Å². The molecule has 2 aromatic rings. The molecule has 1 amide bonds. The van der Waals surface area contributed by atoms with E-state index in [1.54, 1.807) is 24.3 Å². The van der Waals surface area contributed by atoms with E-state index in [2.05, 4.69) is 38.2 Å². The maximum Gasteiger partial charge on any atom is 0.317 e. The minimum atomic E-state index is -0.774. The standard InChI is InChI=1S/C19H29NO3.C12H15ClN2OS/c1-13-10-14(2)19(15(3)11-13)23-9-8-16-4-6-17(7-5-16)20-12-18(21)22;1-2-3-8-15(12(14)17)11(16)9-6-4-5-7-10(9)13/h10-11,16-17,20H,4-9,12H2,1-3H3,(H,21,22);4-7H,2-3,8H2,1H3,(H2,14,17). The predicted octanol–water partition coefficient (Wildman–Crippen LogP) is 6.44. The first kappa shape index (κ1) is 33.5. The van der Waals surface area contributed by atoms with Gasteiger partial charge in [-0.15, -0.1) is 0 Å². The zero-order chi connectivity index (χ0) is 29.7. The number of carboxylic acid groups (broad SMARTS) is 1. The number of carboxylic acids is 1. The van der Waals surface area contributed by atoms with Gasteiger partial charge in [-0.2, -0.15) is 0 Å². The first-order valence-corrected chi connectivity index (χ1v) is 14.8. The van der Waals surface area contributed by atoms with E-state index in [1.165, 1.54) is 21.6 Å². The van der Waals surface area contributed by atoms with E-state index in [0.717, 1.165) is 57.3 Å². The molecule has 0 atom stereocenters. The summed E-state index contributed by atoms with van der Waals surface area (Å²) >= 11 is 10.9. The Morgan fingerprint density at radius 2 is 1.75 bits per heavy atom. The Balaban J connectivity index is 0.000000294. The van der Waals surface area contributed by atoms with Crippen LogP contribution in [0.25, 0.3) is 0 Å². The highest BCUT2D eigenvalue weighted by atomic mass is 35.5. The van der Waals surface area contributed by atoms with Gasteiger partial charge >= 0.3 is 5.97 Å². The fourth-order valence-electron chi connectivity index (χ4n) is 5.02. The van der Waals surface area contributed by atoms with Gasteiger partial charge in [-0.1, -0.05) is 54.8 Å². The van der Waals surface area contributed by atoms with Crippen LogP contribution in [0.4, 0.5) is 0 Å². The van der Waals surface area contributed by atoms with Gasteiger partial charge in [0.05, 0.1) is 23.7 Å². The molecule has 0 unspecified atom stereocenters. The fraction of sp³-hybridized carbons (Fsp3) is 0.516. The molecule has 0 saturated heterocycles. The quantitative estimate of drug-likeness (QED) is 0.259. The molecule has 1 aliphatic rings. The van der Waals surface area contributed by atoms with Crippen LogP contribution in [0.2, 0.25) is 5.02 Å². The highest BCUT2D eigenvalue weighted by Gasteiger charge is 2.22. The number of nitrogens with zero attached hydrogens (tertiary/aromatic N) is 1. The van der Waals surface area contributed by atoms with E-state index in [1.807, 2.05) is 6.92 Å². The third-order valence-corrected chi connectivity index (χ3v) is 7.67. The molecule has 0 radical (unpaired) electrons. The number of carbonyl (C=O) groups excluding carboxylic acids is 1. The summed E-state index contributed by atoms with van der Waals surface area (Å²) in [5.74, 6) is 0.720. The number of benzene rings is 2. The average Bonchev–Trinajstić information content (AvgIpc) is 2.90. The summed E-state index contributed by atoms with van der Waals surface area (Å²) in [6.07, 6.45) is 7.36. The van der Waals surface area contributed by atoms with Crippen LogP contribution in [0.1, 0.15) is 78.9 Å². The van der Waals surface area contributed by atoms with E-state index in [4.69, 9.17) is 39.4 Å². The zero-order valence-corrected chi connectivity index (χ0v) is 25.7. The van der Waals surface area contributed by atoms with Crippen LogP contribution < -0.4 is 15.8 Å². The summed E-state index contributed by atoms with van der Waals surface area (Å²) in [6, 6.07) is 11.6. The van der Waals surface area contributed by atoms with Gasteiger partial charge in [-0.25, -0.2) is 0 Å². The van der Waals surface area contributed by atoms with Gasteiger partial charge in [0.25, 0.3) is 5.91 Å². The lowest BCUT2D eigenvalue weighted by Gasteiger charge is -2.29. The van der Waals surface area contributed by atoms with Crippen molar-refractivity contribution in [1.29, 1.82) is 0 Å². The number of amides is 1. The normalized spacial score (nSPS) is 16.4. The number of unbranched alkanes of at least 4 members (excludes halogenated alkanes) is 1. The Kier molecular flexibility index (Phi) is 14.4. The number of hydrogen-bond donors (Lipinski definition) is 3. The Morgan fingerprint density at radius 3 is 2.30 bits per heavy atom. The maximum atomic E-state index is 12.2. The smallest absolute Gasteiger partial charge is 0.317 e. The number of rotatable bonds is 11. The minimum absolute atomic E-state index is 0.0738. The molecule has 0 bridgehead atoms. The number of aryl methyl sites for hydroxylation is 3. The summed E-state index contributed by atoms with van der Waals surface area (Å²) in [4.78, 5) is 24.2. The summed E-state index contributed by atoms with van der Waals surface area (Å²) in [6.45, 7) is 9.73. The molecule has 220 valence electrons. The van der Waals surface area contributed by atoms with Crippen LogP contribution in [0, 0.1) is 26.7 Å². The van der Waals surface area contributed by atoms with Crippen molar-refractivity contribution in [3.63, 3.8) is 0 Å². The molecular formula is C31H44ClN3O4S. The summed E-state index contributed by atoms with van der Waals surface area (Å²) in [7, 11) is 0. The van der Waals surface area contributed by atoms with Crippen LogP contribution in [-0.2, 0) is 4.79 Å². The largest absolute Gasteiger partial charge is 0.493 e. The van der Waals surface area contributed by atoms with Crippen LogP contribution in [0.3, 0.4) is 0 Å². The number of hydrogen-bond acceptors (Lipinski definition) is 5. The molecule has 0 heterocycles. The Bertz CT molecular complexity index is 1110. The second kappa shape index (κ2) is 17.2. The zero-order valence-electron chi connectivity index (χ0n) is 24.2. The molecular weight excluding hydrogens is 546 g/mol. The Labute approximate surface area is 249 Å². The SMILES string of the molecule is CCCCN(C(=O)c1ccccc1Cl)C(N)=S.Cc1cc(C)c(OCCC2CCC(NCC(=O)O)CC2)c(C)c1. The number of thiocarbonyl (C=S) groups is 1. The lowest BCUT2D eigenvalue weighted by atomic mass is 9.84. The molecule has 9 heteroatoms. The van der Waals surface area contributed by atoms with Crippen molar-refractivity contribution in [2.24, 2.45) is 11.7 Å².